The highest BCUT2D eigenvalue weighted by Gasteiger charge is 2.30. The third-order valence-electron chi connectivity index (χ3n) is 3.19. The van der Waals surface area contributed by atoms with E-state index in [0.29, 0.717) is 11.5 Å². The number of nitriles is 1. The number of hydrogen-bond donors (Lipinski definition) is 1. The van der Waals surface area contributed by atoms with Crippen molar-refractivity contribution in [3.8, 4) is 6.07 Å². The lowest BCUT2D eigenvalue weighted by Gasteiger charge is -2.36. The van der Waals surface area contributed by atoms with Crippen LogP contribution in [0.15, 0.2) is 0 Å². The summed E-state index contributed by atoms with van der Waals surface area (Å²) in [4.78, 5) is 0. The van der Waals surface area contributed by atoms with Crippen molar-refractivity contribution in [3.05, 3.63) is 0 Å². The zero-order valence-corrected chi connectivity index (χ0v) is 8.77. The molecule has 0 aromatic heterocycles. The SMILES string of the molecule is CCNC1CCC(C)(CC#N)CC1. The van der Waals surface area contributed by atoms with Crippen LogP contribution in [-0.4, -0.2) is 12.6 Å². The lowest BCUT2D eigenvalue weighted by Crippen LogP contribution is -2.36. The Balaban J connectivity index is 2.34. The molecular formula is C11H20N2. The van der Waals surface area contributed by atoms with Gasteiger partial charge in [0.25, 0.3) is 0 Å². The van der Waals surface area contributed by atoms with E-state index in [1.54, 1.807) is 0 Å². The highest BCUT2D eigenvalue weighted by atomic mass is 14.9. The fourth-order valence-corrected chi connectivity index (χ4v) is 2.18. The molecule has 0 saturated heterocycles. The first-order valence-corrected chi connectivity index (χ1v) is 5.30. The van der Waals surface area contributed by atoms with Gasteiger partial charge in [0.2, 0.25) is 0 Å². The second-order valence-corrected chi connectivity index (χ2v) is 4.48. The quantitative estimate of drug-likeness (QED) is 0.724. The monoisotopic (exact) mass is 180 g/mol. The fourth-order valence-electron chi connectivity index (χ4n) is 2.18. The van der Waals surface area contributed by atoms with Crippen LogP contribution in [0.2, 0.25) is 0 Å². The van der Waals surface area contributed by atoms with E-state index in [9.17, 15) is 0 Å². The van der Waals surface area contributed by atoms with Crippen molar-refractivity contribution in [3.63, 3.8) is 0 Å². The largest absolute Gasteiger partial charge is 0.314 e. The highest BCUT2D eigenvalue weighted by Crippen LogP contribution is 2.38. The second kappa shape index (κ2) is 4.62. The van der Waals surface area contributed by atoms with Gasteiger partial charge in [-0.15, -0.1) is 0 Å². The summed E-state index contributed by atoms with van der Waals surface area (Å²) >= 11 is 0. The summed E-state index contributed by atoms with van der Waals surface area (Å²) in [5, 5.41) is 12.2. The van der Waals surface area contributed by atoms with Gasteiger partial charge in [-0.3, -0.25) is 0 Å². The molecule has 2 heteroatoms. The Bertz CT molecular complexity index is 185. The van der Waals surface area contributed by atoms with Crippen molar-refractivity contribution in [2.24, 2.45) is 5.41 Å². The van der Waals surface area contributed by atoms with E-state index in [4.69, 9.17) is 5.26 Å². The topological polar surface area (TPSA) is 35.8 Å². The van der Waals surface area contributed by atoms with Gasteiger partial charge in [0.15, 0.2) is 0 Å². The van der Waals surface area contributed by atoms with E-state index in [1.165, 1.54) is 25.7 Å². The molecule has 13 heavy (non-hydrogen) atoms. The van der Waals surface area contributed by atoms with Gasteiger partial charge in [0, 0.05) is 12.5 Å². The molecular weight excluding hydrogens is 160 g/mol. The molecule has 0 unspecified atom stereocenters. The normalized spacial score (nSPS) is 34.1. The Morgan fingerprint density at radius 2 is 2.08 bits per heavy atom. The standard InChI is InChI=1S/C11H20N2/c1-3-13-10-4-6-11(2,7-5-10)8-9-12/h10,13H,3-8H2,1-2H3. The Kier molecular flexibility index (Phi) is 3.74. The van der Waals surface area contributed by atoms with Crippen molar-refractivity contribution >= 4 is 0 Å². The van der Waals surface area contributed by atoms with Crippen LogP contribution in [0, 0.1) is 16.7 Å². The van der Waals surface area contributed by atoms with E-state index in [2.05, 4.69) is 25.2 Å². The molecule has 1 aliphatic rings. The third-order valence-corrected chi connectivity index (χ3v) is 3.19. The Morgan fingerprint density at radius 3 is 2.54 bits per heavy atom. The van der Waals surface area contributed by atoms with E-state index in [-0.39, 0.29) is 0 Å². The summed E-state index contributed by atoms with van der Waals surface area (Å²) in [6.07, 6.45) is 5.63. The molecule has 0 aliphatic heterocycles. The summed E-state index contributed by atoms with van der Waals surface area (Å²) < 4.78 is 0. The lowest BCUT2D eigenvalue weighted by atomic mass is 9.72. The zero-order valence-electron chi connectivity index (χ0n) is 8.77. The van der Waals surface area contributed by atoms with Crippen LogP contribution in [0.3, 0.4) is 0 Å². The van der Waals surface area contributed by atoms with Gasteiger partial charge in [0.1, 0.15) is 0 Å². The molecule has 1 N–H and O–H groups in total. The molecule has 0 aromatic carbocycles. The first-order valence-electron chi connectivity index (χ1n) is 5.30. The van der Waals surface area contributed by atoms with Gasteiger partial charge in [-0.25, -0.2) is 0 Å². The molecule has 0 spiro atoms. The van der Waals surface area contributed by atoms with Gasteiger partial charge in [-0.1, -0.05) is 13.8 Å². The predicted octanol–water partition coefficient (Wildman–Crippen LogP) is 2.46. The van der Waals surface area contributed by atoms with Crippen LogP contribution in [-0.2, 0) is 0 Å². The van der Waals surface area contributed by atoms with Crippen LogP contribution < -0.4 is 5.32 Å². The Morgan fingerprint density at radius 1 is 1.46 bits per heavy atom. The summed E-state index contributed by atoms with van der Waals surface area (Å²) in [6, 6.07) is 3.01. The molecule has 74 valence electrons. The maximum absolute atomic E-state index is 8.69. The molecule has 0 bridgehead atoms. The fraction of sp³-hybridized carbons (Fsp3) is 0.909. The van der Waals surface area contributed by atoms with Crippen LogP contribution in [0.1, 0.15) is 46.0 Å². The van der Waals surface area contributed by atoms with Crippen molar-refractivity contribution in [1.82, 2.24) is 5.32 Å². The minimum atomic E-state index is 0.306. The second-order valence-electron chi connectivity index (χ2n) is 4.48. The maximum Gasteiger partial charge on any atom is 0.0627 e. The van der Waals surface area contributed by atoms with Gasteiger partial charge in [-0.05, 0) is 37.6 Å². The average molecular weight is 180 g/mol. The molecule has 1 saturated carbocycles. The molecule has 1 rings (SSSR count). The van der Waals surface area contributed by atoms with E-state index >= 15 is 0 Å². The molecule has 1 fully saturated rings. The molecule has 0 heterocycles. The van der Waals surface area contributed by atoms with Crippen LogP contribution >= 0.6 is 0 Å². The van der Waals surface area contributed by atoms with Gasteiger partial charge >= 0.3 is 0 Å². The lowest BCUT2D eigenvalue weighted by molar-refractivity contribution is 0.190. The van der Waals surface area contributed by atoms with Gasteiger partial charge < -0.3 is 5.32 Å². The Labute approximate surface area is 81.3 Å². The van der Waals surface area contributed by atoms with Crippen LogP contribution in [0.5, 0.6) is 0 Å². The van der Waals surface area contributed by atoms with Crippen molar-refractivity contribution in [1.29, 1.82) is 5.26 Å². The maximum atomic E-state index is 8.69. The van der Waals surface area contributed by atoms with Crippen molar-refractivity contribution in [2.75, 3.05) is 6.54 Å². The smallest absolute Gasteiger partial charge is 0.0627 e. The zero-order chi connectivity index (χ0) is 9.73. The Hall–Kier alpha value is -0.550. The summed E-state index contributed by atoms with van der Waals surface area (Å²) in [6.45, 7) is 5.47. The average Bonchev–Trinajstić information content (AvgIpc) is 2.10. The molecule has 2 nitrogen and oxygen atoms in total. The molecule has 0 radical (unpaired) electrons. The van der Waals surface area contributed by atoms with Gasteiger partial charge in [0.05, 0.1) is 6.07 Å². The minimum absolute atomic E-state index is 0.306. The summed E-state index contributed by atoms with van der Waals surface area (Å²) in [7, 11) is 0. The van der Waals surface area contributed by atoms with Gasteiger partial charge in [-0.2, -0.15) is 5.26 Å². The first-order chi connectivity index (χ1) is 6.20. The molecule has 0 atom stereocenters. The van der Waals surface area contributed by atoms with E-state index < -0.39 is 0 Å². The van der Waals surface area contributed by atoms with Crippen LogP contribution in [0.25, 0.3) is 0 Å². The highest BCUT2D eigenvalue weighted by molar-refractivity contribution is 4.90. The predicted molar refractivity (Wildman–Crippen MR) is 54.3 cm³/mol. The van der Waals surface area contributed by atoms with Crippen LogP contribution in [0.4, 0.5) is 0 Å². The summed E-state index contributed by atoms with van der Waals surface area (Å²) in [5.74, 6) is 0. The molecule has 0 aromatic rings. The molecule has 1 aliphatic carbocycles. The number of rotatable bonds is 3. The number of nitrogens with zero attached hydrogens (tertiary/aromatic N) is 1. The minimum Gasteiger partial charge on any atom is -0.314 e. The number of hydrogen-bond acceptors (Lipinski definition) is 2. The van der Waals surface area contributed by atoms with E-state index in [0.717, 1.165) is 13.0 Å². The van der Waals surface area contributed by atoms with E-state index in [1.807, 2.05) is 0 Å². The third kappa shape index (κ3) is 3.00. The number of nitrogens with one attached hydrogen (secondary N) is 1. The summed E-state index contributed by atoms with van der Waals surface area (Å²) in [5.41, 5.74) is 0.306. The van der Waals surface area contributed by atoms with Crippen molar-refractivity contribution in [2.45, 2.75) is 52.0 Å². The molecule has 0 amide bonds. The van der Waals surface area contributed by atoms with Crippen molar-refractivity contribution < 1.29 is 0 Å². The first kappa shape index (κ1) is 10.5.